The van der Waals surface area contributed by atoms with Crippen molar-refractivity contribution in [1.82, 2.24) is 19.9 Å². The molecule has 0 unspecified atom stereocenters. The molecule has 0 aliphatic heterocycles. The highest BCUT2D eigenvalue weighted by molar-refractivity contribution is 5.89. The Labute approximate surface area is 209 Å². The minimum Gasteiger partial charge on any atom is -0.492 e. The first-order valence-corrected chi connectivity index (χ1v) is 12.1. The lowest BCUT2D eigenvalue weighted by atomic mass is 10.1. The molecule has 0 atom stereocenters. The third-order valence-electron chi connectivity index (χ3n) is 6.26. The highest BCUT2D eigenvalue weighted by Crippen LogP contribution is 2.27. The summed E-state index contributed by atoms with van der Waals surface area (Å²) in [6.45, 7) is 5.50. The molecule has 0 amide bonds. The molecule has 0 aliphatic carbocycles. The van der Waals surface area contributed by atoms with Gasteiger partial charge in [-0.1, -0.05) is 24.3 Å². The van der Waals surface area contributed by atoms with Crippen molar-refractivity contribution in [3.05, 3.63) is 94.5 Å². The Morgan fingerprint density at radius 2 is 1.69 bits per heavy atom. The summed E-state index contributed by atoms with van der Waals surface area (Å²) in [4.78, 5) is 25.9. The SMILES string of the molecule is COCCN(CCOc1ccc2[nH]c(-c3cc4ccccc4[nH]c3=O)cc2c1)Cc1cccc(C)n1. The van der Waals surface area contributed by atoms with Crippen LogP contribution >= 0.6 is 0 Å². The minimum absolute atomic E-state index is 0.115. The van der Waals surface area contributed by atoms with Crippen LogP contribution in [0.25, 0.3) is 33.1 Å². The van der Waals surface area contributed by atoms with Crippen LogP contribution < -0.4 is 10.3 Å². The van der Waals surface area contributed by atoms with Gasteiger partial charge in [-0.15, -0.1) is 0 Å². The van der Waals surface area contributed by atoms with Gasteiger partial charge in [-0.2, -0.15) is 0 Å². The van der Waals surface area contributed by atoms with E-state index in [0.29, 0.717) is 18.8 Å². The Morgan fingerprint density at radius 1 is 0.861 bits per heavy atom. The topological polar surface area (TPSA) is 83.2 Å². The Bertz CT molecular complexity index is 1540. The molecule has 2 N–H and O–H groups in total. The number of ether oxygens (including phenoxy) is 2. The number of aryl methyl sites for hydroxylation is 1. The van der Waals surface area contributed by atoms with E-state index in [2.05, 4.69) is 19.9 Å². The molecule has 36 heavy (non-hydrogen) atoms. The number of pyridine rings is 2. The lowest BCUT2D eigenvalue weighted by Gasteiger charge is -2.22. The van der Waals surface area contributed by atoms with E-state index >= 15 is 0 Å². The molecule has 0 fully saturated rings. The van der Waals surface area contributed by atoms with Gasteiger partial charge in [0.05, 0.1) is 23.6 Å². The van der Waals surface area contributed by atoms with Crippen molar-refractivity contribution in [2.24, 2.45) is 0 Å². The number of methoxy groups -OCH3 is 1. The Kier molecular flexibility index (Phi) is 7.11. The van der Waals surface area contributed by atoms with E-state index in [1.54, 1.807) is 7.11 Å². The van der Waals surface area contributed by atoms with Crippen LogP contribution in [-0.2, 0) is 11.3 Å². The zero-order chi connectivity index (χ0) is 24.9. The van der Waals surface area contributed by atoms with Crippen molar-refractivity contribution < 1.29 is 9.47 Å². The summed E-state index contributed by atoms with van der Waals surface area (Å²) >= 11 is 0. The molecule has 0 saturated heterocycles. The molecule has 2 aromatic carbocycles. The number of hydrogen-bond donors (Lipinski definition) is 2. The number of hydrogen-bond acceptors (Lipinski definition) is 5. The van der Waals surface area contributed by atoms with Gasteiger partial charge in [0.1, 0.15) is 12.4 Å². The lowest BCUT2D eigenvalue weighted by Crippen LogP contribution is -2.31. The van der Waals surface area contributed by atoms with Gasteiger partial charge in [0.25, 0.3) is 5.56 Å². The first-order valence-electron chi connectivity index (χ1n) is 12.1. The fourth-order valence-corrected chi connectivity index (χ4v) is 4.39. The van der Waals surface area contributed by atoms with E-state index in [-0.39, 0.29) is 5.56 Å². The molecule has 0 spiro atoms. The second-order valence-electron chi connectivity index (χ2n) is 8.92. The third-order valence-corrected chi connectivity index (χ3v) is 6.26. The molecule has 7 heteroatoms. The molecule has 184 valence electrons. The van der Waals surface area contributed by atoms with E-state index in [9.17, 15) is 4.79 Å². The van der Waals surface area contributed by atoms with E-state index in [4.69, 9.17) is 9.47 Å². The number of H-pyrrole nitrogens is 2. The zero-order valence-corrected chi connectivity index (χ0v) is 20.6. The predicted octanol–water partition coefficient (Wildman–Crippen LogP) is 4.91. The smallest absolute Gasteiger partial charge is 0.257 e. The quantitative estimate of drug-likeness (QED) is 0.296. The van der Waals surface area contributed by atoms with Crippen molar-refractivity contribution in [2.45, 2.75) is 13.5 Å². The van der Waals surface area contributed by atoms with Gasteiger partial charge >= 0.3 is 0 Å². The Hall–Kier alpha value is -3.94. The van der Waals surface area contributed by atoms with Crippen LogP contribution in [0.3, 0.4) is 0 Å². The number of benzene rings is 2. The van der Waals surface area contributed by atoms with Crippen LogP contribution in [0, 0.1) is 6.92 Å². The van der Waals surface area contributed by atoms with E-state index in [1.165, 1.54) is 0 Å². The Balaban J connectivity index is 1.28. The van der Waals surface area contributed by atoms with Crippen molar-refractivity contribution >= 4 is 21.8 Å². The van der Waals surface area contributed by atoms with Gasteiger partial charge < -0.3 is 19.4 Å². The number of nitrogens with one attached hydrogen (secondary N) is 2. The van der Waals surface area contributed by atoms with E-state index in [1.807, 2.05) is 79.7 Å². The second-order valence-corrected chi connectivity index (χ2v) is 8.92. The average molecular weight is 483 g/mol. The zero-order valence-electron chi connectivity index (χ0n) is 20.6. The maximum atomic E-state index is 12.7. The molecule has 0 aliphatic rings. The first-order chi connectivity index (χ1) is 17.6. The summed E-state index contributed by atoms with van der Waals surface area (Å²) in [7, 11) is 1.71. The van der Waals surface area contributed by atoms with E-state index in [0.717, 1.165) is 64.3 Å². The Morgan fingerprint density at radius 3 is 2.56 bits per heavy atom. The van der Waals surface area contributed by atoms with Gasteiger partial charge in [-0.05, 0) is 60.8 Å². The number of aromatic nitrogens is 3. The number of fused-ring (bicyclic) bond motifs is 2. The van der Waals surface area contributed by atoms with Crippen molar-refractivity contribution in [2.75, 3.05) is 33.4 Å². The van der Waals surface area contributed by atoms with Crippen molar-refractivity contribution in [3.63, 3.8) is 0 Å². The van der Waals surface area contributed by atoms with Crippen LogP contribution in [0.1, 0.15) is 11.4 Å². The van der Waals surface area contributed by atoms with Crippen LogP contribution in [0.4, 0.5) is 0 Å². The molecule has 3 aromatic heterocycles. The summed E-state index contributed by atoms with van der Waals surface area (Å²) in [5.41, 5.74) is 5.12. The van der Waals surface area contributed by atoms with Gasteiger partial charge in [0.2, 0.25) is 0 Å². The maximum absolute atomic E-state index is 12.7. The normalized spacial score (nSPS) is 11.5. The lowest BCUT2D eigenvalue weighted by molar-refractivity contribution is 0.130. The molecule has 0 bridgehead atoms. The largest absolute Gasteiger partial charge is 0.492 e. The fraction of sp³-hybridized carbons (Fsp3) is 0.241. The van der Waals surface area contributed by atoms with Crippen molar-refractivity contribution in [3.8, 4) is 17.0 Å². The summed E-state index contributed by atoms with van der Waals surface area (Å²) in [5, 5.41) is 1.99. The monoisotopic (exact) mass is 482 g/mol. The summed E-state index contributed by atoms with van der Waals surface area (Å²) in [6, 6.07) is 23.7. The van der Waals surface area contributed by atoms with Gasteiger partial charge in [0.15, 0.2) is 0 Å². The molecule has 5 aromatic rings. The number of rotatable bonds is 10. The van der Waals surface area contributed by atoms with Crippen LogP contribution in [0.5, 0.6) is 5.75 Å². The fourth-order valence-electron chi connectivity index (χ4n) is 4.39. The van der Waals surface area contributed by atoms with Crippen LogP contribution in [-0.4, -0.2) is 53.3 Å². The van der Waals surface area contributed by atoms with Crippen molar-refractivity contribution in [1.29, 1.82) is 0 Å². The number of aromatic amines is 2. The van der Waals surface area contributed by atoms with Gasteiger partial charge in [0, 0.05) is 48.9 Å². The van der Waals surface area contributed by atoms with Gasteiger partial charge in [-0.3, -0.25) is 14.7 Å². The molecular weight excluding hydrogens is 452 g/mol. The summed E-state index contributed by atoms with van der Waals surface area (Å²) < 4.78 is 11.4. The van der Waals surface area contributed by atoms with Crippen LogP contribution in [0.15, 0.2) is 77.6 Å². The number of para-hydroxylation sites is 1. The highest BCUT2D eigenvalue weighted by atomic mass is 16.5. The summed E-state index contributed by atoms with van der Waals surface area (Å²) in [6.07, 6.45) is 0. The third kappa shape index (κ3) is 5.48. The molecule has 7 nitrogen and oxygen atoms in total. The summed E-state index contributed by atoms with van der Waals surface area (Å²) in [5.74, 6) is 0.792. The first kappa shape index (κ1) is 23.8. The average Bonchev–Trinajstić information content (AvgIpc) is 3.30. The molecule has 5 rings (SSSR count). The maximum Gasteiger partial charge on any atom is 0.257 e. The molecule has 0 radical (unpaired) electrons. The standard InChI is InChI=1S/C29H30N4O3/c1-20-6-5-8-23(30-20)19-33(12-14-35-2)13-15-36-24-10-11-27-22(16-24)18-28(31-27)25-17-21-7-3-4-9-26(21)32-29(25)34/h3-11,16-18,31H,12-15,19H2,1-2H3,(H,32,34). The molecular formula is C29H30N4O3. The minimum atomic E-state index is -0.115. The second kappa shape index (κ2) is 10.8. The predicted molar refractivity (Wildman–Crippen MR) is 143 cm³/mol. The van der Waals surface area contributed by atoms with Crippen LogP contribution in [0.2, 0.25) is 0 Å². The van der Waals surface area contributed by atoms with E-state index < -0.39 is 0 Å². The molecule has 3 heterocycles. The van der Waals surface area contributed by atoms with Gasteiger partial charge in [-0.25, -0.2) is 0 Å². The number of nitrogens with zero attached hydrogens (tertiary/aromatic N) is 2. The highest BCUT2D eigenvalue weighted by Gasteiger charge is 2.11. The molecule has 0 saturated carbocycles.